The Hall–Kier alpha value is -1.46. The Morgan fingerprint density at radius 3 is 0.956 bits per heavy atom. The van der Waals surface area contributed by atoms with E-state index in [2.05, 4.69) is 43.5 Å². The molecule has 262 valence electrons. The summed E-state index contributed by atoms with van der Waals surface area (Å²) in [4.78, 5) is 25.1. The smallest absolute Gasteiger partial charge is 0.262 e. The second-order valence-electron chi connectivity index (χ2n) is 13.9. The van der Waals surface area contributed by atoms with Crippen LogP contribution in [0.25, 0.3) is 0 Å². The molecule has 5 heteroatoms. The molecule has 45 heavy (non-hydrogen) atoms. The minimum atomic E-state index is -2.01. The lowest BCUT2D eigenvalue weighted by Crippen LogP contribution is -2.56. The van der Waals surface area contributed by atoms with Gasteiger partial charge in [-0.05, 0) is 77.0 Å². The summed E-state index contributed by atoms with van der Waals surface area (Å²) in [6, 6.07) is 0. The van der Waals surface area contributed by atoms with E-state index in [4.69, 9.17) is 0 Å². The van der Waals surface area contributed by atoms with Crippen molar-refractivity contribution < 1.29 is 19.8 Å². The number of rotatable bonds is 32. The Morgan fingerprint density at radius 2 is 0.667 bits per heavy atom. The van der Waals surface area contributed by atoms with Crippen molar-refractivity contribution in [2.24, 2.45) is 0 Å². The number of allylic oxidation sites excluding steroid dienone is 4. The molecule has 2 amide bonds. The van der Waals surface area contributed by atoms with Gasteiger partial charge in [0.2, 0.25) is 0 Å². The van der Waals surface area contributed by atoms with E-state index in [1.54, 1.807) is 0 Å². The maximum absolute atomic E-state index is 12.5. The molecule has 3 N–H and O–H groups in total. The van der Waals surface area contributed by atoms with Gasteiger partial charge < -0.3 is 10.2 Å². The SMILES string of the molecule is CCCCCCCC/C=C\CCCCCCCCC1(O)C(=O)NC(=O)C1(O)CCCCCCCC/C=C\CCCCCCCC. The highest BCUT2D eigenvalue weighted by Gasteiger charge is 2.64. The fourth-order valence-corrected chi connectivity index (χ4v) is 6.58. The second-order valence-corrected chi connectivity index (χ2v) is 13.9. The third-order valence-electron chi connectivity index (χ3n) is 9.76. The van der Waals surface area contributed by atoms with Gasteiger partial charge in [0, 0.05) is 0 Å². The van der Waals surface area contributed by atoms with Crippen LogP contribution in [0.3, 0.4) is 0 Å². The molecule has 1 aliphatic heterocycles. The molecule has 2 atom stereocenters. The van der Waals surface area contributed by atoms with Crippen molar-refractivity contribution in [1.82, 2.24) is 5.32 Å². The van der Waals surface area contributed by atoms with Gasteiger partial charge in [-0.1, -0.05) is 154 Å². The van der Waals surface area contributed by atoms with Crippen molar-refractivity contribution in [3.05, 3.63) is 24.3 Å². The van der Waals surface area contributed by atoms with Crippen molar-refractivity contribution in [3.8, 4) is 0 Å². The first-order chi connectivity index (χ1) is 21.9. The van der Waals surface area contributed by atoms with Gasteiger partial charge >= 0.3 is 0 Å². The van der Waals surface area contributed by atoms with Crippen LogP contribution >= 0.6 is 0 Å². The van der Waals surface area contributed by atoms with Crippen LogP contribution in [0.5, 0.6) is 0 Å². The predicted octanol–water partition coefficient (Wildman–Crippen LogP) is 11.0. The molecule has 1 saturated heterocycles. The number of hydrogen-bond donors (Lipinski definition) is 3. The molecule has 1 rings (SSSR count). The van der Waals surface area contributed by atoms with Crippen LogP contribution in [-0.2, 0) is 9.59 Å². The second kappa shape index (κ2) is 27.6. The Morgan fingerprint density at radius 1 is 0.422 bits per heavy atom. The van der Waals surface area contributed by atoms with E-state index in [0.717, 1.165) is 51.4 Å². The Labute approximate surface area is 278 Å². The van der Waals surface area contributed by atoms with E-state index in [9.17, 15) is 19.8 Å². The minimum Gasteiger partial charge on any atom is -0.377 e. The summed E-state index contributed by atoms with van der Waals surface area (Å²) < 4.78 is 0. The summed E-state index contributed by atoms with van der Waals surface area (Å²) in [5.74, 6) is -1.46. The van der Waals surface area contributed by atoms with Crippen LogP contribution in [0.2, 0.25) is 0 Å². The number of aliphatic hydroxyl groups is 2. The average molecular weight is 632 g/mol. The summed E-state index contributed by atoms with van der Waals surface area (Å²) in [6.45, 7) is 4.52. The monoisotopic (exact) mass is 632 g/mol. The topological polar surface area (TPSA) is 86.6 Å². The summed E-state index contributed by atoms with van der Waals surface area (Å²) in [6.07, 6.45) is 42.6. The number of carbonyl (C=O) groups excluding carboxylic acids is 2. The number of imide groups is 1. The lowest BCUT2D eigenvalue weighted by atomic mass is 9.77. The van der Waals surface area contributed by atoms with Crippen LogP contribution in [0.4, 0.5) is 0 Å². The lowest BCUT2D eigenvalue weighted by molar-refractivity contribution is -0.170. The predicted molar refractivity (Wildman–Crippen MR) is 191 cm³/mol. The zero-order valence-electron chi connectivity index (χ0n) is 29.7. The third-order valence-corrected chi connectivity index (χ3v) is 9.76. The largest absolute Gasteiger partial charge is 0.377 e. The van der Waals surface area contributed by atoms with E-state index < -0.39 is 23.0 Å². The molecule has 1 aliphatic rings. The molecule has 0 aliphatic carbocycles. The van der Waals surface area contributed by atoms with E-state index in [1.165, 1.54) is 116 Å². The van der Waals surface area contributed by atoms with Crippen LogP contribution < -0.4 is 5.32 Å². The van der Waals surface area contributed by atoms with Crippen LogP contribution in [0, 0.1) is 0 Å². The fourth-order valence-electron chi connectivity index (χ4n) is 6.58. The standard InChI is InChI=1S/C40H73NO4/c1-3-5-7-9-11-13-15-17-19-21-23-25-27-29-31-33-35-39(44)37(42)41-38(43)40(39,45)36-34-32-30-28-26-24-22-20-18-16-14-12-10-8-6-4-2/h17-20,44-45H,3-16,21-36H2,1-2H3,(H,41,42,43)/b19-17-,20-18-. The maximum Gasteiger partial charge on any atom is 0.262 e. The number of amides is 2. The molecule has 0 aromatic rings. The molecule has 1 fully saturated rings. The van der Waals surface area contributed by atoms with Gasteiger partial charge in [0.1, 0.15) is 0 Å². The highest BCUT2D eigenvalue weighted by atomic mass is 16.4. The first-order valence-corrected chi connectivity index (χ1v) is 19.5. The van der Waals surface area contributed by atoms with Crippen molar-refractivity contribution in [1.29, 1.82) is 0 Å². The molecule has 0 spiro atoms. The van der Waals surface area contributed by atoms with Gasteiger partial charge in [-0.3, -0.25) is 14.9 Å². The number of carbonyl (C=O) groups is 2. The normalized spacial score (nSPS) is 20.3. The van der Waals surface area contributed by atoms with Crippen molar-refractivity contribution >= 4 is 11.8 Å². The number of unbranched alkanes of at least 4 members (excludes halogenated alkanes) is 24. The molecule has 0 saturated carbocycles. The molecule has 1 heterocycles. The molecular weight excluding hydrogens is 558 g/mol. The Balaban J connectivity index is 2.11. The van der Waals surface area contributed by atoms with Gasteiger partial charge in [0.25, 0.3) is 11.8 Å². The van der Waals surface area contributed by atoms with Gasteiger partial charge in [-0.2, -0.15) is 0 Å². The van der Waals surface area contributed by atoms with E-state index in [0.29, 0.717) is 12.8 Å². The minimum absolute atomic E-state index is 0.134. The molecule has 2 unspecified atom stereocenters. The Kier molecular flexibility index (Phi) is 25.5. The van der Waals surface area contributed by atoms with Crippen molar-refractivity contribution in [2.45, 2.75) is 218 Å². The summed E-state index contributed by atoms with van der Waals surface area (Å²) >= 11 is 0. The summed E-state index contributed by atoms with van der Waals surface area (Å²) in [7, 11) is 0. The lowest BCUT2D eigenvalue weighted by Gasteiger charge is -2.33. The van der Waals surface area contributed by atoms with Gasteiger partial charge in [0.15, 0.2) is 11.2 Å². The average Bonchev–Trinajstić information content (AvgIpc) is 3.19. The van der Waals surface area contributed by atoms with Crippen molar-refractivity contribution in [3.63, 3.8) is 0 Å². The zero-order valence-corrected chi connectivity index (χ0v) is 29.7. The third kappa shape index (κ3) is 18.5. The quantitative estimate of drug-likeness (QED) is 0.0392. The first-order valence-electron chi connectivity index (χ1n) is 19.5. The molecule has 0 bridgehead atoms. The summed E-state index contributed by atoms with van der Waals surface area (Å²) in [5, 5.41) is 24.6. The molecule has 5 nitrogen and oxygen atoms in total. The Bertz CT molecular complexity index is 729. The van der Waals surface area contributed by atoms with E-state index >= 15 is 0 Å². The number of hydrogen-bond acceptors (Lipinski definition) is 4. The van der Waals surface area contributed by atoms with Gasteiger partial charge in [0.05, 0.1) is 0 Å². The zero-order chi connectivity index (χ0) is 32.9. The number of nitrogens with one attached hydrogen (secondary N) is 1. The van der Waals surface area contributed by atoms with E-state index in [1.807, 2.05) is 0 Å². The maximum atomic E-state index is 12.5. The molecule has 0 radical (unpaired) electrons. The van der Waals surface area contributed by atoms with Crippen LogP contribution in [0.1, 0.15) is 206 Å². The highest BCUT2D eigenvalue weighted by Crippen LogP contribution is 2.37. The summed E-state index contributed by atoms with van der Waals surface area (Å²) in [5.41, 5.74) is -4.01. The van der Waals surface area contributed by atoms with Crippen molar-refractivity contribution in [2.75, 3.05) is 0 Å². The molecular formula is C40H73NO4. The molecule has 0 aromatic carbocycles. The van der Waals surface area contributed by atoms with Gasteiger partial charge in [-0.25, -0.2) is 0 Å². The molecule has 0 aromatic heterocycles. The van der Waals surface area contributed by atoms with Crippen LogP contribution in [0.15, 0.2) is 24.3 Å². The van der Waals surface area contributed by atoms with Gasteiger partial charge in [-0.15, -0.1) is 0 Å². The first kappa shape index (κ1) is 41.6. The van der Waals surface area contributed by atoms with Crippen LogP contribution in [-0.4, -0.2) is 33.2 Å². The fraction of sp³-hybridized carbons (Fsp3) is 0.850. The highest BCUT2D eigenvalue weighted by molar-refractivity contribution is 6.13. The van der Waals surface area contributed by atoms with E-state index in [-0.39, 0.29) is 12.8 Å².